The number of carbonyl (C=O) groups is 1. The van der Waals surface area contributed by atoms with E-state index in [0.717, 1.165) is 18.4 Å². The van der Waals surface area contributed by atoms with E-state index in [1.54, 1.807) is 0 Å². The largest absolute Gasteiger partial charge is 0.344 e. The van der Waals surface area contributed by atoms with Crippen molar-refractivity contribution in [3.63, 3.8) is 0 Å². The molecule has 3 nitrogen and oxygen atoms in total. The lowest BCUT2D eigenvalue weighted by Crippen LogP contribution is -2.45. The normalized spacial score (nSPS) is 25.1. The summed E-state index contributed by atoms with van der Waals surface area (Å²) in [6, 6.07) is 1.32. The second-order valence-corrected chi connectivity index (χ2v) is 7.76. The molecule has 3 rings (SSSR count). The van der Waals surface area contributed by atoms with Crippen LogP contribution in [-0.4, -0.2) is 47.9 Å². The van der Waals surface area contributed by atoms with Crippen LogP contribution in [0.3, 0.4) is 0 Å². The lowest BCUT2D eigenvalue weighted by molar-refractivity contribution is -0.132. The minimum Gasteiger partial charge on any atom is -0.344 e. The van der Waals surface area contributed by atoms with Crippen molar-refractivity contribution in [2.24, 2.45) is 11.8 Å². The number of nitrogens with zero attached hydrogens (tertiary/aromatic N) is 2. The zero-order valence-electron chi connectivity index (χ0n) is 13.9. The number of hydrogen-bond donors (Lipinski definition) is 0. The van der Waals surface area contributed by atoms with Gasteiger partial charge >= 0.3 is 0 Å². The molecule has 0 spiro atoms. The number of amides is 1. The molecule has 0 N–H and O–H groups in total. The fourth-order valence-electron chi connectivity index (χ4n) is 4.00. The summed E-state index contributed by atoms with van der Waals surface area (Å²) in [5, 5.41) is 0. The average molecular weight is 292 g/mol. The smallest absolute Gasteiger partial charge is 0.236 e. The van der Waals surface area contributed by atoms with Gasteiger partial charge in [0, 0.05) is 25.7 Å². The third kappa shape index (κ3) is 4.21. The third-order valence-corrected chi connectivity index (χ3v) is 5.84. The summed E-state index contributed by atoms with van der Waals surface area (Å²) in [5.41, 5.74) is 0. The summed E-state index contributed by atoms with van der Waals surface area (Å²) in [4.78, 5) is 17.1. The second kappa shape index (κ2) is 6.68. The molecular formula is C18H32N2O. The van der Waals surface area contributed by atoms with Crippen LogP contribution in [0.1, 0.15) is 64.7 Å². The molecule has 120 valence electrons. The van der Waals surface area contributed by atoms with E-state index in [-0.39, 0.29) is 0 Å². The van der Waals surface area contributed by atoms with E-state index in [1.165, 1.54) is 57.8 Å². The first-order valence-corrected chi connectivity index (χ1v) is 9.15. The van der Waals surface area contributed by atoms with E-state index in [1.807, 2.05) is 11.9 Å². The molecule has 21 heavy (non-hydrogen) atoms. The van der Waals surface area contributed by atoms with E-state index in [0.29, 0.717) is 24.5 Å². The Balaban J connectivity index is 1.48. The molecule has 0 bridgehead atoms. The number of rotatable bonds is 7. The molecule has 3 aliphatic carbocycles. The summed E-state index contributed by atoms with van der Waals surface area (Å²) >= 11 is 0. The fraction of sp³-hybridized carbons (Fsp3) is 0.944. The maximum atomic E-state index is 12.6. The lowest BCUT2D eigenvalue weighted by Gasteiger charge is -2.32. The van der Waals surface area contributed by atoms with Crippen molar-refractivity contribution in [1.29, 1.82) is 0 Å². The highest BCUT2D eigenvalue weighted by Gasteiger charge is 2.40. The van der Waals surface area contributed by atoms with Gasteiger partial charge in [-0.3, -0.25) is 9.69 Å². The van der Waals surface area contributed by atoms with E-state index in [4.69, 9.17) is 0 Å². The minimum atomic E-state index is 0.347. The van der Waals surface area contributed by atoms with Gasteiger partial charge in [-0.15, -0.1) is 0 Å². The van der Waals surface area contributed by atoms with Gasteiger partial charge < -0.3 is 4.90 Å². The van der Waals surface area contributed by atoms with Crippen LogP contribution in [0.4, 0.5) is 0 Å². The van der Waals surface area contributed by atoms with Crippen molar-refractivity contribution in [2.45, 2.75) is 76.8 Å². The van der Waals surface area contributed by atoms with Crippen molar-refractivity contribution < 1.29 is 4.79 Å². The Bertz CT molecular complexity index is 356. The molecule has 1 atom stereocenters. The molecule has 3 saturated carbocycles. The van der Waals surface area contributed by atoms with Crippen molar-refractivity contribution >= 4 is 5.91 Å². The molecule has 0 aromatic heterocycles. The third-order valence-electron chi connectivity index (χ3n) is 5.84. The molecule has 1 unspecified atom stereocenters. The van der Waals surface area contributed by atoms with Crippen LogP contribution in [0.2, 0.25) is 0 Å². The van der Waals surface area contributed by atoms with Gasteiger partial charge in [0.2, 0.25) is 5.91 Å². The molecule has 0 saturated heterocycles. The van der Waals surface area contributed by atoms with Crippen LogP contribution >= 0.6 is 0 Å². The Morgan fingerprint density at radius 3 is 2.29 bits per heavy atom. The SMILES string of the molecule is CC(C1CC1)N(CC(=O)N(C)CC1CCCCC1)C1CC1. The molecule has 0 radical (unpaired) electrons. The lowest BCUT2D eigenvalue weighted by atomic mass is 9.89. The first kappa shape index (κ1) is 15.3. The molecule has 0 heterocycles. The first-order valence-electron chi connectivity index (χ1n) is 9.15. The van der Waals surface area contributed by atoms with Crippen molar-refractivity contribution in [1.82, 2.24) is 9.80 Å². The summed E-state index contributed by atoms with van der Waals surface area (Å²) in [6.45, 7) is 3.98. The molecule has 3 fully saturated rings. The molecule has 3 aliphatic rings. The Morgan fingerprint density at radius 1 is 1.05 bits per heavy atom. The maximum Gasteiger partial charge on any atom is 0.236 e. The Kier molecular flexibility index (Phi) is 4.88. The van der Waals surface area contributed by atoms with Crippen molar-refractivity contribution in [3.8, 4) is 0 Å². The number of hydrogen-bond acceptors (Lipinski definition) is 2. The zero-order chi connectivity index (χ0) is 14.8. The van der Waals surface area contributed by atoms with Gasteiger partial charge in [0.05, 0.1) is 6.54 Å². The van der Waals surface area contributed by atoms with Crippen LogP contribution in [-0.2, 0) is 4.79 Å². The Morgan fingerprint density at radius 2 is 1.71 bits per heavy atom. The topological polar surface area (TPSA) is 23.6 Å². The predicted octanol–water partition coefficient (Wildman–Crippen LogP) is 3.29. The van der Waals surface area contributed by atoms with Gasteiger partial charge in [-0.1, -0.05) is 19.3 Å². The second-order valence-electron chi connectivity index (χ2n) is 7.76. The highest BCUT2D eigenvalue weighted by molar-refractivity contribution is 5.78. The van der Waals surface area contributed by atoms with E-state index < -0.39 is 0 Å². The minimum absolute atomic E-state index is 0.347. The van der Waals surface area contributed by atoms with Crippen LogP contribution < -0.4 is 0 Å². The molecule has 3 heteroatoms. The van der Waals surface area contributed by atoms with E-state index in [2.05, 4.69) is 11.8 Å². The van der Waals surface area contributed by atoms with Crippen LogP contribution in [0, 0.1) is 11.8 Å². The van der Waals surface area contributed by atoms with Gasteiger partial charge in [-0.2, -0.15) is 0 Å². The molecular weight excluding hydrogens is 260 g/mol. The van der Waals surface area contributed by atoms with Crippen LogP contribution in [0.5, 0.6) is 0 Å². The quantitative estimate of drug-likeness (QED) is 0.719. The van der Waals surface area contributed by atoms with Crippen molar-refractivity contribution in [2.75, 3.05) is 20.1 Å². The van der Waals surface area contributed by atoms with Crippen molar-refractivity contribution in [3.05, 3.63) is 0 Å². The van der Waals surface area contributed by atoms with E-state index >= 15 is 0 Å². The molecule has 0 aromatic rings. The van der Waals surface area contributed by atoms with Gasteiger partial charge in [0.15, 0.2) is 0 Å². The van der Waals surface area contributed by atoms with Gasteiger partial charge in [0.25, 0.3) is 0 Å². The fourth-order valence-corrected chi connectivity index (χ4v) is 4.00. The first-order chi connectivity index (χ1) is 10.1. The van der Waals surface area contributed by atoms with E-state index in [9.17, 15) is 4.79 Å². The van der Waals surface area contributed by atoms with Gasteiger partial charge in [-0.05, 0) is 57.3 Å². The van der Waals surface area contributed by atoms with Crippen LogP contribution in [0.15, 0.2) is 0 Å². The Labute approximate surface area is 130 Å². The summed E-state index contributed by atoms with van der Waals surface area (Å²) in [6.07, 6.45) is 12.1. The molecule has 1 amide bonds. The van der Waals surface area contributed by atoms with Crippen LogP contribution in [0.25, 0.3) is 0 Å². The Hall–Kier alpha value is -0.570. The predicted molar refractivity (Wildman–Crippen MR) is 86.1 cm³/mol. The summed E-state index contributed by atoms with van der Waals surface area (Å²) in [7, 11) is 2.02. The van der Waals surface area contributed by atoms with Gasteiger partial charge in [0.1, 0.15) is 0 Å². The highest BCUT2D eigenvalue weighted by Crippen LogP contribution is 2.39. The summed E-state index contributed by atoms with van der Waals surface area (Å²) < 4.78 is 0. The average Bonchev–Trinajstić information content (AvgIpc) is 3.37. The number of likely N-dealkylation sites (N-methyl/N-ethyl adjacent to an activating group) is 1. The zero-order valence-corrected chi connectivity index (χ0v) is 13.9. The maximum absolute atomic E-state index is 12.6. The number of carbonyl (C=O) groups excluding carboxylic acids is 1. The highest BCUT2D eigenvalue weighted by atomic mass is 16.2. The monoisotopic (exact) mass is 292 g/mol. The standard InChI is InChI=1S/C18H32N2O/c1-14(16-8-9-16)20(17-10-11-17)13-18(21)19(2)12-15-6-4-3-5-7-15/h14-17H,3-13H2,1-2H3. The van der Waals surface area contributed by atoms with Gasteiger partial charge in [-0.25, -0.2) is 0 Å². The molecule has 0 aromatic carbocycles. The summed E-state index contributed by atoms with van der Waals surface area (Å²) in [5.74, 6) is 1.96. The molecule has 0 aliphatic heterocycles.